The zero-order chi connectivity index (χ0) is 17.8. The highest BCUT2D eigenvalue weighted by molar-refractivity contribution is 6.30. The second kappa shape index (κ2) is 7.02. The average molecular weight is 360 g/mol. The molecule has 25 heavy (non-hydrogen) atoms. The molecule has 0 saturated heterocycles. The third kappa shape index (κ3) is 3.75. The molecule has 0 aliphatic heterocycles. The van der Waals surface area contributed by atoms with Crippen LogP contribution in [0.3, 0.4) is 0 Å². The highest BCUT2D eigenvalue weighted by atomic mass is 35.5. The molecule has 1 N–H and O–H groups in total. The maximum absolute atomic E-state index is 11.6. The Hall–Kier alpha value is -3.39. The largest absolute Gasteiger partial charge is 0.459 e. The van der Waals surface area contributed by atoms with Crippen LogP contribution in [-0.4, -0.2) is 17.0 Å². The van der Waals surface area contributed by atoms with Crippen molar-refractivity contribution in [3.05, 3.63) is 75.4 Å². The number of nitro benzene ring substituents is 1. The number of hydrogen-bond donors (Lipinski definition) is 1. The molecule has 0 radical (unpaired) electrons. The highest BCUT2D eigenvalue weighted by Gasteiger charge is 2.18. The second-order valence-corrected chi connectivity index (χ2v) is 5.23. The molecule has 1 aromatic carbocycles. The minimum Gasteiger partial charge on any atom is -0.459 e. The normalized spacial score (nSPS) is 10.9. The second-order valence-electron chi connectivity index (χ2n) is 4.80. The zero-order valence-corrected chi connectivity index (χ0v) is 13.3. The van der Waals surface area contributed by atoms with Crippen LogP contribution in [0, 0.1) is 10.1 Å². The molecule has 0 atom stereocenters. The summed E-state index contributed by atoms with van der Waals surface area (Å²) in [5.74, 6) is 0.191. The number of amides is 1. The number of rotatable bonds is 5. The van der Waals surface area contributed by atoms with Crippen LogP contribution in [0.15, 0.2) is 62.7 Å². The van der Waals surface area contributed by atoms with Gasteiger partial charge in [0.05, 0.1) is 23.0 Å². The Morgan fingerprint density at radius 2 is 2.12 bits per heavy atom. The van der Waals surface area contributed by atoms with E-state index in [9.17, 15) is 14.9 Å². The van der Waals surface area contributed by atoms with Crippen LogP contribution in [0.4, 0.5) is 5.69 Å². The summed E-state index contributed by atoms with van der Waals surface area (Å²) < 4.78 is 10.4. The van der Waals surface area contributed by atoms with Gasteiger partial charge in [0.25, 0.3) is 5.69 Å². The number of furan rings is 2. The van der Waals surface area contributed by atoms with E-state index < -0.39 is 10.8 Å². The van der Waals surface area contributed by atoms with Crippen molar-refractivity contribution in [2.45, 2.75) is 0 Å². The van der Waals surface area contributed by atoms with E-state index in [4.69, 9.17) is 20.4 Å². The smallest absolute Gasteiger partial charge is 0.307 e. The summed E-state index contributed by atoms with van der Waals surface area (Å²) in [6, 6.07) is 10.5. The quantitative estimate of drug-likeness (QED) is 0.422. The van der Waals surface area contributed by atoms with Gasteiger partial charge in [-0.25, -0.2) is 5.43 Å². The lowest BCUT2D eigenvalue weighted by Gasteiger charge is -2.00. The lowest BCUT2D eigenvalue weighted by atomic mass is 10.1. The Labute approximate surface area is 145 Å². The van der Waals surface area contributed by atoms with Gasteiger partial charge in [-0.2, -0.15) is 5.10 Å². The zero-order valence-electron chi connectivity index (χ0n) is 12.5. The molecule has 126 valence electrons. The lowest BCUT2D eigenvalue weighted by molar-refractivity contribution is -0.384. The van der Waals surface area contributed by atoms with Gasteiger partial charge in [0.2, 0.25) is 0 Å². The molecule has 0 aliphatic rings. The van der Waals surface area contributed by atoms with Crippen LogP contribution in [0.25, 0.3) is 11.3 Å². The highest BCUT2D eigenvalue weighted by Crippen LogP contribution is 2.33. The van der Waals surface area contributed by atoms with Gasteiger partial charge >= 0.3 is 5.91 Å². The van der Waals surface area contributed by atoms with Gasteiger partial charge in [-0.15, -0.1) is 0 Å². The van der Waals surface area contributed by atoms with Crippen molar-refractivity contribution in [1.82, 2.24) is 5.43 Å². The molecule has 0 fully saturated rings. The van der Waals surface area contributed by atoms with Crippen LogP contribution in [0.2, 0.25) is 5.02 Å². The summed E-state index contributed by atoms with van der Waals surface area (Å²) in [5, 5.41) is 15.1. The van der Waals surface area contributed by atoms with Crippen LogP contribution in [0.1, 0.15) is 16.3 Å². The van der Waals surface area contributed by atoms with Crippen molar-refractivity contribution in [2.75, 3.05) is 0 Å². The monoisotopic (exact) mass is 359 g/mol. The number of carbonyl (C=O) groups is 1. The van der Waals surface area contributed by atoms with Gasteiger partial charge in [-0.05, 0) is 36.4 Å². The number of carbonyl (C=O) groups excluding carboxylic acids is 1. The first-order valence-electron chi connectivity index (χ1n) is 6.95. The molecule has 2 heterocycles. The van der Waals surface area contributed by atoms with Crippen LogP contribution in [0.5, 0.6) is 0 Å². The first-order valence-corrected chi connectivity index (χ1v) is 7.33. The Kier molecular flexibility index (Phi) is 4.62. The van der Waals surface area contributed by atoms with Crippen molar-refractivity contribution in [1.29, 1.82) is 0 Å². The third-order valence-corrected chi connectivity index (χ3v) is 3.39. The van der Waals surface area contributed by atoms with E-state index in [1.54, 1.807) is 18.2 Å². The summed E-state index contributed by atoms with van der Waals surface area (Å²) in [5.41, 5.74) is 2.39. The van der Waals surface area contributed by atoms with Gasteiger partial charge in [0.15, 0.2) is 5.76 Å². The number of hydrazone groups is 1. The predicted octanol–water partition coefficient (Wildman–Crippen LogP) is 3.87. The molecule has 0 aliphatic carbocycles. The van der Waals surface area contributed by atoms with E-state index in [-0.39, 0.29) is 27.8 Å². The molecule has 0 unspecified atom stereocenters. The van der Waals surface area contributed by atoms with Gasteiger partial charge in [0, 0.05) is 11.1 Å². The summed E-state index contributed by atoms with van der Waals surface area (Å²) in [6.07, 6.45) is 2.64. The molecular formula is C16H10ClN3O5. The molecule has 9 heteroatoms. The Bertz CT molecular complexity index is 947. The van der Waals surface area contributed by atoms with Gasteiger partial charge in [-0.1, -0.05) is 11.6 Å². The van der Waals surface area contributed by atoms with Crippen molar-refractivity contribution in [3.63, 3.8) is 0 Å². The maximum atomic E-state index is 11.6. The minimum atomic E-state index is -0.541. The van der Waals surface area contributed by atoms with E-state index in [0.717, 1.165) is 0 Å². The molecule has 2 aromatic heterocycles. The number of nitro groups is 1. The van der Waals surface area contributed by atoms with E-state index in [2.05, 4.69) is 10.5 Å². The lowest BCUT2D eigenvalue weighted by Crippen LogP contribution is -2.16. The summed E-state index contributed by atoms with van der Waals surface area (Å²) in [7, 11) is 0. The first kappa shape index (κ1) is 16.5. The fraction of sp³-hybridized carbons (Fsp3) is 0. The molecule has 8 nitrogen and oxygen atoms in total. The fourth-order valence-corrected chi connectivity index (χ4v) is 2.21. The SMILES string of the molecule is O=C(N/N=C\c1ccc(-c2ccc(Cl)cc2[N+](=O)[O-])o1)c1ccco1. The van der Waals surface area contributed by atoms with Gasteiger partial charge < -0.3 is 8.83 Å². The topological polar surface area (TPSA) is 111 Å². The summed E-state index contributed by atoms with van der Waals surface area (Å²) >= 11 is 5.79. The maximum Gasteiger partial charge on any atom is 0.307 e. The molecule has 0 bridgehead atoms. The van der Waals surface area contributed by atoms with Crippen molar-refractivity contribution in [2.24, 2.45) is 5.10 Å². The van der Waals surface area contributed by atoms with E-state index in [0.29, 0.717) is 5.76 Å². The average Bonchev–Trinajstić information content (AvgIpc) is 3.26. The molecular weight excluding hydrogens is 350 g/mol. The number of hydrogen-bond acceptors (Lipinski definition) is 6. The summed E-state index contributed by atoms with van der Waals surface area (Å²) in [4.78, 5) is 22.2. The third-order valence-electron chi connectivity index (χ3n) is 3.15. The van der Waals surface area contributed by atoms with E-state index in [1.807, 2.05) is 0 Å². The number of halogens is 1. The van der Waals surface area contributed by atoms with E-state index >= 15 is 0 Å². The fourth-order valence-electron chi connectivity index (χ4n) is 2.05. The molecule has 0 saturated carbocycles. The molecule has 3 rings (SSSR count). The van der Waals surface area contributed by atoms with E-state index in [1.165, 1.54) is 36.7 Å². The van der Waals surface area contributed by atoms with Crippen molar-refractivity contribution < 1.29 is 18.6 Å². The molecule has 0 spiro atoms. The van der Waals surface area contributed by atoms with Gasteiger partial charge in [-0.3, -0.25) is 14.9 Å². The number of nitrogens with zero attached hydrogens (tertiary/aromatic N) is 2. The Morgan fingerprint density at radius 3 is 2.84 bits per heavy atom. The van der Waals surface area contributed by atoms with Crippen LogP contribution in [-0.2, 0) is 0 Å². The van der Waals surface area contributed by atoms with Crippen LogP contribution >= 0.6 is 11.6 Å². The van der Waals surface area contributed by atoms with Crippen molar-refractivity contribution in [3.8, 4) is 11.3 Å². The first-order chi connectivity index (χ1) is 12.0. The van der Waals surface area contributed by atoms with Crippen molar-refractivity contribution >= 4 is 29.4 Å². The van der Waals surface area contributed by atoms with Crippen LogP contribution < -0.4 is 5.43 Å². The molecule has 1 amide bonds. The Balaban J connectivity index is 1.76. The molecule has 3 aromatic rings. The minimum absolute atomic E-state index is 0.120. The van der Waals surface area contributed by atoms with Gasteiger partial charge in [0.1, 0.15) is 11.5 Å². The summed E-state index contributed by atoms with van der Waals surface area (Å²) in [6.45, 7) is 0. The number of benzene rings is 1. The Morgan fingerprint density at radius 1 is 1.28 bits per heavy atom. The number of nitrogens with one attached hydrogen (secondary N) is 1. The standard InChI is InChI=1S/C16H10ClN3O5/c17-10-3-5-12(13(8-10)20(22)23)14-6-4-11(25-14)9-18-19-16(21)15-2-1-7-24-15/h1-9H,(H,19,21)/b18-9-. The predicted molar refractivity (Wildman–Crippen MR) is 89.6 cm³/mol.